The summed E-state index contributed by atoms with van der Waals surface area (Å²) in [5.41, 5.74) is 0. The average molecular weight is 254 g/mol. The molecular weight excluding hydrogens is 234 g/mol. The fourth-order valence-electron chi connectivity index (χ4n) is 1.16. The summed E-state index contributed by atoms with van der Waals surface area (Å²) < 4.78 is 10.2. The summed E-state index contributed by atoms with van der Waals surface area (Å²) in [6, 6.07) is 0. The molecule has 0 rings (SSSR count). The second-order valence-corrected chi connectivity index (χ2v) is 4.62. The van der Waals surface area contributed by atoms with Gasteiger partial charge in [-0.05, 0) is 14.0 Å². The summed E-state index contributed by atoms with van der Waals surface area (Å²) in [5, 5.41) is 0. The van der Waals surface area contributed by atoms with Gasteiger partial charge in [-0.3, -0.25) is 0 Å². The first kappa shape index (κ1) is 13.4. The maximum Gasteiger partial charge on any atom is 0.0670 e. The Balaban J connectivity index is 3.54. The largest absolute Gasteiger partial charge is 0.383 e. The van der Waals surface area contributed by atoms with Gasteiger partial charge in [0.1, 0.15) is 0 Å². The first-order valence-corrected chi connectivity index (χ1v) is 5.36. The fourth-order valence-corrected chi connectivity index (χ4v) is 1.92. The van der Waals surface area contributed by atoms with Gasteiger partial charge in [0, 0.05) is 27.3 Å². The summed E-state index contributed by atoms with van der Waals surface area (Å²) in [6.45, 7) is 4.73. The molecule has 2 atom stereocenters. The summed E-state index contributed by atoms with van der Waals surface area (Å²) in [6.07, 6.45) is 0.284. The smallest absolute Gasteiger partial charge is 0.0670 e. The highest BCUT2D eigenvalue weighted by Crippen LogP contribution is 2.03. The summed E-state index contributed by atoms with van der Waals surface area (Å²) in [4.78, 5) is 2.62. The molecule has 0 aromatic rings. The molecule has 4 heteroatoms. The Kier molecular flexibility index (Phi) is 7.95. The predicted molar refractivity (Wildman–Crippen MR) is 58.6 cm³/mol. The first-order valence-electron chi connectivity index (χ1n) is 4.44. The minimum Gasteiger partial charge on any atom is -0.383 e. The van der Waals surface area contributed by atoms with E-state index in [1.54, 1.807) is 14.2 Å². The van der Waals surface area contributed by atoms with Crippen LogP contribution in [0.5, 0.6) is 0 Å². The Hall–Kier alpha value is 0.360. The maximum absolute atomic E-state index is 5.17. The predicted octanol–water partition coefficient (Wildman–Crippen LogP) is 1.36. The van der Waals surface area contributed by atoms with Crippen molar-refractivity contribution in [3.8, 4) is 0 Å². The van der Waals surface area contributed by atoms with Gasteiger partial charge >= 0.3 is 0 Å². The fraction of sp³-hybridized carbons (Fsp3) is 1.00. The van der Waals surface area contributed by atoms with Crippen LogP contribution in [0, 0.1) is 0 Å². The Bertz CT molecular complexity index is 124. The highest BCUT2D eigenvalue weighted by Gasteiger charge is 2.10. The highest BCUT2D eigenvalue weighted by atomic mass is 79.9. The molecule has 0 amide bonds. The maximum atomic E-state index is 5.17. The van der Waals surface area contributed by atoms with Gasteiger partial charge in [-0.1, -0.05) is 15.9 Å². The monoisotopic (exact) mass is 253 g/mol. The topological polar surface area (TPSA) is 21.7 Å². The number of hydrogen-bond donors (Lipinski definition) is 0. The number of nitrogens with zero attached hydrogens (tertiary/aromatic N) is 1. The van der Waals surface area contributed by atoms with Crippen LogP contribution in [-0.2, 0) is 9.47 Å². The van der Waals surface area contributed by atoms with Crippen LogP contribution >= 0.6 is 15.9 Å². The number of alkyl halides is 1. The number of halogens is 1. The van der Waals surface area contributed by atoms with Crippen molar-refractivity contribution in [3.63, 3.8) is 0 Å². The van der Waals surface area contributed by atoms with Crippen LogP contribution in [0.15, 0.2) is 0 Å². The van der Waals surface area contributed by atoms with E-state index < -0.39 is 0 Å². The van der Waals surface area contributed by atoms with E-state index in [0.717, 1.165) is 19.7 Å². The van der Waals surface area contributed by atoms with Crippen molar-refractivity contribution in [1.29, 1.82) is 0 Å². The van der Waals surface area contributed by atoms with Crippen molar-refractivity contribution < 1.29 is 9.47 Å². The van der Waals surface area contributed by atoms with Gasteiger partial charge in [0.05, 0.1) is 17.5 Å². The summed E-state index contributed by atoms with van der Waals surface area (Å²) in [7, 11) is 5.53. The lowest BCUT2D eigenvalue weighted by Crippen LogP contribution is -2.34. The Labute approximate surface area is 89.5 Å². The molecule has 13 heavy (non-hydrogen) atoms. The van der Waals surface area contributed by atoms with Crippen LogP contribution in [0.2, 0.25) is 0 Å². The lowest BCUT2D eigenvalue weighted by atomic mass is 10.3. The van der Waals surface area contributed by atoms with Gasteiger partial charge in [0.25, 0.3) is 0 Å². The molecule has 0 aliphatic rings. The van der Waals surface area contributed by atoms with Crippen LogP contribution in [0.1, 0.15) is 6.92 Å². The molecule has 0 aromatic carbocycles. The van der Waals surface area contributed by atoms with Crippen LogP contribution in [0.4, 0.5) is 0 Å². The van der Waals surface area contributed by atoms with Crippen molar-refractivity contribution >= 4 is 15.9 Å². The Morgan fingerprint density at radius 2 is 1.92 bits per heavy atom. The van der Waals surface area contributed by atoms with E-state index in [9.17, 15) is 0 Å². The van der Waals surface area contributed by atoms with E-state index >= 15 is 0 Å². The normalized spacial score (nSPS) is 16.2. The first-order chi connectivity index (χ1) is 6.10. The number of methoxy groups -OCH3 is 2. The van der Waals surface area contributed by atoms with Crippen molar-refractivity contribution in [2.45, 2.75) is 17.9 Å². The molecule has 0 bridgehead atoms. The SMILES string of the molecule is COCC(Br)CN(C)CC(C)OC. The molecule has 0 radical (unpaired) electrons. The molecule has 0 saturated heterocycles. The number of likely N-dealkylation sites (N-methyl/N-ethyl adjacent to an activating group) is 1. The van der Waals surface area contributed by atoms with Gasteiger partial charge in [-0.15, -0.1) is 0 Å². The van der Waals surface area contributed by atoms with Gasteiger partial charge < -0.3 is 14.4 Å². The molecule has 0 saturated carbocycles. The molecule has 0 spiro atoms. The summed E-state index contributed by atoms with van der Waals surface area (Å²) >= 11 is 3.54. The molecule has 0 aliphatic heterocycles. The second-order valence-electron chi connectivity index (χ2n) is 3.32. The zero-order valence-electron chi connectivity index (χ0n) is 8.92. The lowest BCUT2D eigenvalue weighted by molar-refractivity contribution is 0.0831. The number of hydrogen-bond acceptors (Lipinski definition) is 3. The van der Waals surface area contributed by atoms with E-state index in [4.69, 9.17) is 9.47 Å². The third-order valence-electron chi connectivity index (χ3n) is 1.83. The minimum atomic E-state index is 0.284. The molecule has 0 heterocycles. The van der Waals surface area contributed by atoms with Crippen LogP contribution in [0.3, 0.4) is 0 Å². The van der Waals surface area contributed by atoms with E-state index in [-0.39, 0.29) is 6.10 Å². The van der Waals surface area contributed by atoms with E-state index in [0.29, 0.717) is 4.83 Å². The highest BCUT2D eigenvalue weighted by molar-refractivity contribution is 9.09. The van der Waals surface area contributed by atoms with Gasteiger partial charge in [0.2, 0.25) is 0 Å². The average Bonchev–Trinajstić information content (AvgIpc) is 2.04. The minimum absolute atomic E-state index is 0.284. The molecule has 0 aromatic heterocycles. The van der Waals surface area contributed by atoms with Crippen molar-refractivity contribution in [2.24, 2.45) is 0 Å². The zero-order valence-corrected chi connectivity index (χ0v) is 10.5. The van der Waals surface area contributed by atoms with Crippen molar-refractivity contribution in [1.82, 2.24) is 4.90 Å². The molecular formula is C9H20BrNO2. The number of rotatable bonds is 7. The summed E-state index contributed by atoms with van der Waals surface area (Å²) in [5.74, 6) is 0. The Morgan fingerprint density at radius 1 is 1.31 bits per heavy atom. The van der Waals surface area contributed by atoms with Crippen molar-refractivity contribution in [3.05, 3.63) is 0 Å². The third-order valence-corrected chi connectivity index (χ3v) is 2.38. The van der Waals surface area contributed by atoms with Gasteiger partial charge in [-0.25, -0.2) is 0 Å². The second kappa shape index (κ2) is 7.74. The third kappa shape index (κ3) is 7.43. The van der Waals surface area contributed by atoms with Crippen LogP contribution < -0.4 is 0 Å². The van der Waals surface area contributed by atoms with Crippen LogP contribution in [0.25, 0.3) is 0 Å². The molecule has 2 unspecified atom stereocenters. The van der Waals surface area contributed by atoms with E-state index in [1.807, 2.05) is 0 Å². The number of ether oxygens (including phenoxy) is 2. The quantitative estimate of drug-likeness (QED) is 0.640. The molecule has 80 valence electrons. The Morgan fingerprint density at radius 3 is 2.38 bits per heavy atom. The van der Waals surface area contributed by atoms with Crippen molar-refractivity contribution in [2.75, 3.05) is 41.0 Å². The molecule has 0 fully saturated rings. The van der Waals surface area contributed by atoms with Gasteiger partial charge in [0.15, 0.2) is 0 Å². The van der Waals surface area contributed by atoms with Crippen LogP contribution in [-0.4, -0.2) is 56.8 Å². The van der Waals surface area contributed by atoms with E-state index in [2.05, 4.69) is 34.8 Å². The zero-order chi connectivity index (χ0) is 10.3. The standard InChI is InChI=1S/C9H20BrNO2/c1-8(13-4)5-11(2)6-9(10)7-12-3/h8-9H,5-7H2,1-4H3. The molecule has 0 aliphatic carbocycles. The molecule has 3 nitrogen and oxygen atoms in total. The van der Waals surface area contributed by atoms with E-state index in [1.165, 1.54) is 0 Å². The van der Waals surface area contributed by atoms with Gasteiger partial charge in [-0.2, -0.15) is 0 Å². The lowest BCUT2D eigenvalue weighted by Gasteiger charge is -2.22. The molecule has 0 N–H and O–H groups in total.